The van der Waals surface area contributed by atoms with Crippen LogP contribution in [0.1, 0.15) is 24.1 Å². The van der Waals surface area contributed by atoms with Crippen molar-refractivity contribution in [2.24, 2.45) is 11.3 Å². The van der Waals surface area contributed by atoms with Gasteiger partial charge in [-0.25, -0.2) is 17.5 Å². The maximum atomic E-state index is 13.0. The minimum absolute atomic E-state index is 0.0822. The van der Waals surface area contributed by atoms with E-state index < -0.39 is 16.2 Å². The highest BCUT2D eigenvalue weighted by atomic mass is 32.2. The number of sulfonamides is 1. The fourth-order valence-electron chi connectivity index (χ4n) is 2.90. The van der Waals surface area contributed by atoms with Crippen LogP contribution < -0.4 is 9.46 Å². The predicted octanol–water partition coefficient (Wildman–Crippen LogP) is 1.71. The molecular weight excluding hydrogens is 303 g/mol. The van der Waals surface area contributed by atoms with Gasteiger partial charge in [0.1, 0.15) is 11.9 Å². The second-order valence-corrected chi connectivity index (χ2v) is 8.45. The lowest BCUT2D eigenvalue weighted by atomic mass is 9.72. The zero-order valence-corrected chi connectivity index (χ0v) is 12.8. The maximum Gasteiger partial charge on any atom is 0.225 e. The van der Waals surface area contributed by atoms with E-state index >= 15 is 0 Å². The van der Waals surface area contributed by atoms with Gasteiger partial charge in [0.05, 0.1) is 7.11 Å². The number of rotatable bonds is 6. The summed E-state index contributed by atoms with van der Waals surface area (Å²) in [5.41, 5.74) is -0.0822. The number of methoxy groups -OCH3 is 1. The van der Waals surface area contributed by atoms with Crippen LogP contribution in [-0.4, -0.2) is 32.6 Å². The lowest BCUT2D eigenvalue weighted by Gasteiger charge is -2.35. The Morgan fingerprint density at radius 3 is 2.80 bits per heavy atom. The summed E-state index contributed by atoms with van der Waals surface area (Å²) in [4.78, 5) is 0.644. The van der Waals surface area contributed by atoms with Crippen LogP contribution in [-0.2, 0) is 15.8 Å². The summed E-state index contributed by atoms with van der Waals surface area (Å²) in [5, 5.41) is 0. The molecule has 2 aliphatic rings. The Morgan fingerprint density at radius 1 is 1.55 bits per heavy atom. The van der Waals surface area contributed by atoms with E-state index in [1.807, 2.05) is 0 Å². The normalized spacial score (nSPS) is 32.1. The van der Waals surface area contributed by atoms with Gasteiger partial charge in [0.2, 0.25) is 15.9 Å². The maximum absolute atomic E-state index is 13.0. The molecule has 5 nitrogen and oxygen atoms in total. The lowest BCUT2D eigenvalue weighted by molar-refractivity contribution is 0.138. The van der Waals surface area contributed by atoms with Crippen molar-refractivity contribution in [3.63, 3.8) is 0 Å². The average molecular weight is 320 g/mol. The molecule has 20 heavy (non-hydrogen) atoms. The Hall–Kier alpha value is -0.730. The van der Waals surface area contributed by atoms with Crippen molar-refractivity contribution < 1.29 is 17.5 Å². The zero-order chi connectivity index (χ0) is 14.4. The third-order valence-corrected chi connectivity index (χ3v) is 6.40. The highest BCUT2D eigenvalue weighted by Crippen LogP contribution is 2.64. The van der Waals surface area contributed by atoms with Gasteiger partial charge in [-0.3, -0.25) is 0 Å². The van der Waals surface area contributed by atoms with Gasteiger partial charge in [-0.05, 0) is 36.7 Å². The van der Waals surface area contributed by atoms with Crippen molar-refractivity contribution in [1.29, 1.82) is 0 Å². The van der Waals surface area contributed by atoms with Gasteiger partial charge < -0.3 is 4.74 Å². The first-order chi connectivity index (χ1) is 9.42. The molecule has 0 aromatic carbocycles. The monoisotopic (exact) mass is 320 g/mol. The molecule has 2 aliphatic carbocycles. The Labute approximate surface area is 121 Å². The van der Waals surface area contributed by atoms with Crippen LogP contribution in [0.25, 0.3) is 0 Å². The molecular formula is C12H17FN2O3S2. The van der Waals surface area contributed by atoms with Gasteiger partial charge in [-0.15, -0.1) is 0 Å². The Kier molecular flexibility index (Phi) is 3.50. The number of nitrogens with zero attached hydrogens (tertiary/aromatic N) is 1. The highest BCUT2D eigenvalue weighted by Gasteiger charge is 2.62. The predicted molar refractivity (Wildman–Crippen MR) is 74.0 cm³/mol. The summed E-state index contributed by atoms with van der Waals surface area (Å²) in [7, 11) is -1.87. The molecule has 1 spiro atoms. The molecule has 3 rings (SSSR count). The highest BCUT2D eigenvalue weighted by molar-refractivity contribution is 7.88. The SMILES string of the molecule is COc1cc(CS(=O)(=O)NCC2CC3(C2)CC3F)sn1. The van der Waals surface area contributed by atoms with E-state index in [1.54, 1.807) is 6.07 Å². The summed E-state index contributed by atoms with van der Waals surface area (Å²) < 4.78 is 48.4. The summed E-state index contributed by atoms with van der Waals surface area (Å²) >= 11 is 1.12. The molecule has 112 valence electrons. The van der Waals surface area contributed by atoms with Crippen LogP contribution in [0.15, 0.2) is 6.07 Å². The fraction of sp³-hybridized carbons (Fsp3) is 0.750. The summed E-state index contributed by atoms with van der Waals surface area (Å²) in [5.74, 6) is 0.628. The first-order valence-corrected chi connectivity index (χ1v) is 8.96. The number of aromatic nitrogens is 1. The number of ether oxygens (including phenoxy) is 1. The topological polar surface area (TPSA) is 68.3 Å². The van der Waals surface area contributed by atoms with Crippen molar-refractivity contribution >= 4 is 21.6 Å². The zero-order valence-electron chi connectivity index (χ0n) is 11.1. The molecule has 1 N–H and O–H groups in total. The number of nitrogens with one attached hydrogen (secondary N) is 1. The van der Waals surface area contributed by atoms with Crippen LogP contribution >= 0.6 is 11.5 Å². The molecule has 0 aliphatic heterocycles. The van der Waals surface area contributed by atoms with Gasteiger partial charge in [0, 0.05) is 22.9 Å². The van der Waals surface area contributed by atoms with Crippen LogP contribution in [0.4, 0.5) is 4.39 Å². The first kappa shape index (κ1) is 14.2. The van der Waals surface area contributed by atoms with Gasteiger partial charge in [0.15, 0.2) is 0 Å². The van der Waals surface area contributed by atoms with Gasteiger partial charge in [0.25, 0.3) is 0 Å². The number of hydrogen-bond donors (Lipinski definition) is 1. The second kappa shape index (κ2) is 4.92. The van der Waals surface area contributed by atoms with Crippen molar-refractivity contribution in [3.8, 4) is 5.88 Å². The van der Waals surface area contributed by atoms with Gasteiger partial charge in [-0.1, -0.05) is 0 Å². The van der Waals surface area contributed by atoms with E-state index in [1.165, 1.54) is 7.11 Å². The standard InChI is InChI=1S/C12H17FN2O3S2/c1-18-11-2-9(19-15-11)7-20(16,17)14-6-8-3-12(4-8)5-10(12)13/h2,8,10,14H,3-7H2,1H3. The van der Waals surface area contributed by atoms with Crippen molar-refractivity contribution in [3.05, 3.63) is 10.9 Å². The molecule has 1 heterocycles. The van der Waals surface area contributed by atoms with Crippen molar-refractivity contribution in [1.82, 2.24) is 9.10 Å². The molecule has 1 atom stereocenters. The summed E-state index contributed by atoms with van der Waals surface area (Å²) in [6.45, 7) is 0.409. The number of alkyl halides is 1. The van der Waals surface area contributed by atoms with Gasteiger partial charge in [-0.2, -0.15) is 4.37 Å². The van der Waals surface area contributed by atoms with Crippen LogP contribution in [0.5, 0.6) is 5.88 Å². The number of halogens is 1. The van der Waals surface area contributed by atoms with E-state index in [9.17, 15) is 12.8 Å². The smallest absolute Gasteiger partial charge is 0.225 e. The van der Waals surface area contributed by atoms with E-state index in [0.29, 0.717) is 23.7 Å². The van der Waals surface area contributed by atoms with E-state index in [0.717, 1.165) is 24.4 Å². The van der Waals surface area contributed by atoms with E-state index in [4.69, 9.17) is 4.74 Å². The van der Waals surface area contributed by atoms with Crippen molar-refractivity contribution in [2.45, 2.75) is 31.2 Å². The lowest BCUT2D eigenvalue weighted by Crippen LogP contribution is -2.38. The molecule has 0 radical (unpaired) electrons. The quantitative estimate of drug-likeness (QED) is 0.866. The third-order valence-electron chi connectivity index (χ3n) is 4.15. The molecule has 2 fully saturated rings. The van der Waals surface area contributed by atoms with Crippen molar-refractivity contribution in [2.75, 3.05) is 13.7 Å². The molecule has 1 unspecified atom stereocenters. The number of hydrogen-bond acceptors (Lipinski definition) is 5. The molecule has 1 aromatic heterocycles. The molecule has 1 aromatic rings. The fourth-order valence-corrected chi connectivity index (χ4v) is 5.11. The Morgan fingerprint density at radius 2 is 2.25 bits per heavy atom. The van der Waals surface area contributed by atoms with E-state index in [2.05, 4.69) is 9.10 Å². The first-order valence-electron chi connectivity index (χ1n) is 6.53. The minimum atomic E-state index is -3.36. The van der Waals surface area contributed by atoms with Crippen LogP contribution in [0.2, 0.25) is 0 Å². The summed E-state index contributed by atoms with van der Waals surface area (Å²) in [6.07, 6.45) is 1.63. The van der Waals surface area contributed by atoms with Crippen LogP contribution in [0.3, 0.4) is 0 Å². The van der Waals surface area contributed by atoms with Gasteiger partial charge >= 0.3 is 0 Å². The Bertz CT molecular complexity index is 596. The molecule has 2 saturated carbocycles. The van der Waals surface area contributed by atoms with E-state index in [-0.39, 0.29) is 17.1 Å². The largest absolute Gasteiger partial charge is 0.480 e. The third kappa shape index (κ3) is 2.82. The molecule has 0 saturated heterocycles. The minimum Gasteiger partial charge on any atom is -0.480 e. The molecule has 0 bridgehead atoms. The average Bonchev–Trinajstić information content (AvgIpc) is 2.81. The second-order valence-electron chi connectivity index (χ2n) is 5.75. The molecule has 0 amide bonds. The van der Waals surface area contributed by atoms with Crippen LogP contribution in [0, 0.1) is 11.3 Å². The summed E-state index contributed by atoms with van der Waals surface area (Å²) in [6, 6.07) is 1.63. The Balaban J connectivity index is 1.46. The molecule has 8 heteroatoms.